The summed E-state index contributed by atoms with van der Waals surface area (Å²) in [4.78, 5) is 15.7. The summed E-state index contributed by atoms with van der Waals surface area (Å²) in [5.74, 6) is 0.697. The lowest BCUT2D eigenvalue weighted by Crippen LogP contribution is -2.38. The number of fused-ring (bicyclic) bond motifs is 2. The van der Waals surface area contributed by atoms with Crippen molar-refractivity contribution in [2.24, 2.45) is 5.41 Å². The highest BCUT2D eigenvalue weighted by Gasteiger charge is 2.30. The van der Waals surface area contributed by atoms with Crippen molar-refractivity contribution in [3.05, 3.63) is 62.8 Å². The van der Waals surface area contributed by atoms with Crippen molar-refractivity contribution >= 4 is 35.1 Å². The third-order valence-electron chi connectivity index (χ3n) is 7.47. The molecule has 2 aliphatic rings. The van der Waals surface area contributed by atoms with Gasteiger partial charge in [-0.1, -0.05) is 32.0 Å². The van der Waals surface area contributed by atoms with E-state index < -0.39 is 7.12 Å². The van der Waals surface area contributed by atoms with Crippen molar-refractivity contribution in [3.8, 4) is 0 Å². The van der Waals surface area contributed by atoms with Gasteiger partial charge in [0.1, 0.15) is 5.58 Å². The van der Waals surface area contributed by atoms with Crippen LogP contribution < -0.4 is 21.1 Å². The van der Waals surface area contributed by atoms with Gasteiger partial charge in [0.2, 0.25) is 5.88 Å². The minimum Gasteiger partial charge on any atom is -0.440 e. The predicted molar refractivity (Wildman–Crippen MR) is 138 cm³/mol. The lowest BCUT2D eigenvalue weighted by atomic mass is 9.79. The van der Waals surface area contributed by atoms with Crippen LogP contribution >= 0.6 is 0 Å². The van der Waals surface area contributed by atoms with Gasteiger partial charge in [-0.3, -0.25) is 4.79 Å². The van der Waals surface area contributed by atoms with E-state index in [4.69, 9.17) is 9.07 Å². The fraction of sp³-hybridized carbons (Fsp3) is 0.444. The predicted octanol–water partition coefficient (Wildman–Crippen LogP) is 4.43. The van der Waals surface area contributed by atoms with Crippen LogP contribution in [0, 0.1) is 19.3 Å². The van der Waals surface area contributed by atoms with Crippen molar-refractivity contribution in [1.82, 2.24) is 0 Å². The molecule has 0 aliphatic carbocycles. The average molecular weight is 460 g/mol. The van der Waals surface area contributed by atoms with Crippen LogP contribution in [0.1, 0.15) is 61.9 Å². The standard InChI is InChI=1S/C27H33BN2O4/c1-16-13-19(18(3)29-23-8-6-7-22-21(23)15-33-28(22)32)25-20(14-16)24(31)17(2)26(34-25)30-11-9-27(4,5)10-12-30/h6-8,13-14,18,29,32H,9-12,15H2,1-5H3/t18-/m1/s1. The number of aryl methyl sites for hydroxylation is 1. The van der Waals surface area contributed by atoms with Crippen LogP contribution in [0.2, 0.25) is 0 Å². The van der Waals surface area contributed by atoms with Crippen molar-refractivity contribution in [2.45, 2.75) is 60.1 Å². The second kappa shape index (κ2) is 8.47. The lowest BCUT2D eigenvalue weighted by molar-refractivity contribution is 0.274. The van der Waals surface area contributed by atoms with E-state index in [1.165, 1.54) is 0 Å². The first kappa shape index (κ1) is 23.0. The van der Waals surface area contributed by atoms with E-state index in [1.54, 1.807) is 0 Å². The van der Waals surface area contributed by atoms with E-state index in [9.17, 15) is 9.82 Å². The van der Waals surface area contributed by atoms with Gasteiger partial charge in [-0.05, 0) is 67.8 Å². The van der Waals surface area contributed by atoms with E-state index in [0.717, 1.165) is 53.8 Å². The first-order valence-corrected chi connectivity index (χ1v) is 12.2. The fourth-order valence-corrected chi connectivity index (χ4v) is 5.19. The largest absolute Gasteiger partial charge is 0.491 e. The van der Waals surface area contributed by atoms with Crippen molar-refractivity contribution in [1.29, 1.82) is 0 Å². The smallest absolute Gasteiger partial charge is 0.440 e. The lowest BCUT2D eigenvalue weighted by Gasteiger charge is -2.37. The number of nitrogens with one attached hydrogen (secondary N) is 1. The summed E-state index contributed by atoms with van der Waals surface area (Å²) >= 11 is 0. The van der Waals surface area contributed by atoms with Gasteiger partial charge in [0.25, 0.3) is 0 Å². The summed E-state index contributed by atoms with van der Waals surface area (Å²) in [7, 11) is -0.884. The van der Waals surface area contributed by atoms with Gasteiger partial charge in [0.05, 0.1) is 23.6 Å². The van der Waals surface area contributed by atoms with Crippen LogP contribution in [0.15, 0.2) is 39.5 Å². The molecule has 3 heterocycles. The van der Waals surface area contributed by atoms with Crippen LogP contribution in [0.5, 0.6) is 0 Å². The summed E-state index contributed by atoms with van der Waals surface area (Å²) in [5.41, 5.74) is 6.32. The van der Waals surface area contributed by atoms with Gasteiger partial charge in [0.15, 0.2) is 5.43 Å². The normalized spacial score (nSPS) is 18.3. The Labute approximate surface area is 201 Å². The Kier molecular flexibility index (Phi) is 5.73. The molecule has 1 aromatic heterocycles. The molecule has 0 saturated carbocycles. The Bertz CT molecular complexity index is 1310. The molecule has 6 nitrogen and oxygen atoms in total. The number of anilines is 2. The topological polar surface area (TPSA) is 74.9 Å². The highest BCUT2D eigenvalue weighted by Crippen LogP contribution is 2.36. The molecule has 0 bridgehead atoms. The SMILES string of the molecule is Cc1cc([C@@H](C)Nc2cccc3c2COB3O)c2oc(N3CCC(C)(C)CC3)c(C)c(=O)c2c1. The van der Waals surface area contributed by atoms with E-state index in [0.29, 0.717) is 34.4 Å². The summed E-state index contributed by atoms with van der Waals surface area (Å²) < 4.78 is 12.0. The zero-order chi connectivity index (χ0) is 24.2. The molecule has 0 unspecified atom stereocenters. The molecule has 5 rings (SSSR count). The first-order valence-electron chi connectivity index (χ1n) is 12.2. The van der Waals surface area contributed by atoms with Crippen molar-refractivity contribution < 1.29 is 14.1 Å². The van der Waals surface area contributed by atoms with Crippen LogP contribution in [0.4, 0.5) is 11.6 Å². The molecular weight excluding hydrogens is 427 g/mol. The van der Waals surface area contributed by atoms with Crippen LogP contribution in [0.3, 0.4) is 0 Å². The monoisotopic (exact) mass is 460 g/mol. The molecule has 3 aromatic rings. The summed E-state index contributed by atoms with van der Waals surface area (Å²) in [6, 6.07) is 9.70. The Morgan fingerprint density at radius 1 is 1.18 bits per heavy atom. The van der Waals surface area contributed by atoms with Gasteiger partial charge in [0, 0.05) is 24.3 Å². The van der Waals surface area contributed by atoms with Gasteiger partial charge >= 0.3 is 7.12 Å². The number of piperidine rings is 1. The molecule has 0 amide bonds. The second-order valence-electron chi connectivity index (χ2n) is 10.6. The third kappa shape index (κ3) is 4.01. The van der Waals surface area contributed by atoms with E-state index >= 15 is 0 Å². The second-order valence-corrected chi connectivity index (χ2v) is 10.6. The molecule has 0 spiro atoms. The number of benzene rings is 2. The minimum absolute atomic E-state index is 0.0374. The van der Waals surface area contributed by atoms with E-state index in [1.807, 2.05) is 38.1 Å². The fourth-order valence-electron chi connectivity index (χ4n) is 5.19. The van der Waals surface area contributed by atoms with Gasteiger partial charge in [-0.2, -0.15) is 0 Å². The van der Waals surface area contributed by atoms with Gasteiger partial charge in [-0.15, -0.1) is 0 Å². The molecule has 1 atom stereocenters. The van der Waals surface area contributed by atoms with Crippen molar-refractivity contribution in [3.63, 3.8) is 0 Å². The molecular formula is C27H33BN2O4. The number of nitrogens with zero attached hydrogens (tertiary/aromatic N) is 1. The first-order chi connectivity index (χ1) is 16.1. The van der Waals surface area contributed by atoms with Gasteiger partial charge < -0.3 is 24.3 Å². The van der Waals surface area contributed by atoms with Gasteiger partial charge in [-0.25, -0.2) is 0 Å². The molecule has 2 N–H and O–H groups in total. The van der Waals surface area contributed by atoms with Crippen LogP contribution in [0.25, 0.3) is 11.0 Å². The maximum absolute atomic E-state index is 13.4. The van der Waals surface area contributed by atoms with Crippen LogP contribution in [-0.4, -0.2) is 25.2 Å². The maximum atomic E-state index is 13.4. The quantitative estimate of drug-likeness (QED) is 0.562. The zero-order valence-electron chi connectivity index (χ0n) is 20.7. The molecule has 1 fully saturated rings. The number of hydrogen-bond donors (Lipinski definition) is 2. The molecule has 178 valence electrons. The summed E-state index contributed by atoms with van der Waals surface area (Å²) in [6.45, 7) is 12.7. The Balaban J connectivity index is 1.56. The molecule has 34 heavy (non-hydrogen) atoms. The van der Waals surface area contributed by atoms with Crippen LogP contribution in [-0.2, 0) is 11.3 Å². The Hall–Kier alpha value is -2.77. The molecule has 1 saturated heterocycles. The molecule has 0 radical (unpaired) electrons. The van der Waals surface area contributed by atoms with Crippen molar-refractivity contribution in [2.75, 3.05) is 23.3 Å². The summed E-state index contributed by atoms with van der Waals surface area (Å²) in [6.07, 6.45) is 2.14. The molecule has 2 aromatic carbocycles. The Morgan fingerprint density at radius 3 is 2.65 bits per heavy atom. The minimum atomic E-state index is -0.884. The molecule has 2 aliphatic heterocycles. The van der Waals surface area contributed by atoms with E-state index in [-0.39, 0.29) is 11.5 Å². The number of hydrogen-bond acceptors (Lipinski definition) is 6. The maximum Gasteiger partial charge on any atom is 0.491 e. The van der Waals surface area contributed by atoms with E-state index in [2.05, 4.69) is 37.1 Å². The summed E-state index contributed by atoms with van der Waals surface area (Å²) in [5, 5.41) is 14.3. The number of rotatable bonds is 4. The Morgan fingerprint density at radius 2 is 1.91 bits per heavy atom. The zero-order valence-corrected chi connectivity index (χ0v) is 20.7. The highest BCUT2D eigenvalue weighted by atomic mass is 16.5. The molecule has 7 heteroatoms. The third-order valence-corrected chi connectivity index (χ3v) is 7.47. The highest BCUT2D eigenvalue weighted by molar-refractivity contribution is 6.61. The average Bonchev–Trinajstić information content (AvgIpc) is 3.18.